The fourth-order valence-electron chi connectivity index (χ4n) is 10.4. The van der Waals surface area contributed by atoms with Crippen LogP contribution in [0.25, 0.3) is 0 Å². The highest BCUT2D eigenvalue weighted by Crippen LogP contribution is 2.40. The van der Waals surface area contributed by atoms with Gasteiger partial charge in [-0.1, -0.05) is 81.4 Å². The van der Waals surface area contributed by atoms with Crippen molar-refractivity contribution in [1.29, 1.82) is 0 Å². The van der Waals surface area contributed by atoms with Gasteiger partial charge in [0.05, 0.1) is 12.2 Å². The van der Waals surface area contributed by atoms with E-state index in [0.29, 0.717) is 48.8 Å². The maximum atomic E-state index is 12.3. The number of β-amino-alcohol motifs (C(OH)–C–C–N with tert-alkyl or cyclic N) is 1. The van der Waals surface area contributed by atoms with Crippen molar-refractivity contribution in [3.63, 3.8) is 0 Å². The molecule has 354 valence electrons. The molecule has 63 heavy (non-hydrogen) atoms. The molecule has 0 radical (unpaired) electrons. The molecule has 3 saturated carbocycles. The fraction of sp³-hybridized carbons (Fsp3) is 0.731. The van der Waals surface area contributed by atoms with E-state index < -0.39 is 13.9 Å². The number of hydrogen-bond acceptors (Lipinski definition) is 10. The van der Waals surface area contributed by atoms with Crippen LogP contribution in [0.4, 0.5) is 0 Å². The van der Waals surface area contributed by atoms with E-state index in [4.69, 9.17) is 30.5 Å². The molecule has 3 aliphatic carbocycles. The summed E-state index contributed by atoms with van der Waals surface area (Å²) >= 11 is 0. The van der Waals surface area contributed by atoms with Crippen LogP contribution in [0.1, 0.15) is 152 Å². The van der Waals surface area contributed by atoms with E-state index in [2.05, 4.69) is 91.2 Å². The van der Waals surface area contributed by atoms with Crippen LogP contribution in [0.2, 0.25) is 5.04 Å². The topological polar surface area (TPSA) is 141 Å². The molecule has 5 N–H and O–H groups in total. The number of likely N-dealkylation sites (tertiary alicyclic amines) is 2. The van der Waals surface area contributed by atoms with Crippen LogP contribution < -0.4 is 21.8 Å². The zero-order valence-corrected chi connectivity index (χ0v) is 41.7. The largest absolute Gasteiger partial charge is 0.460 e. The molecule has 2 aromatic carbocycles. The van der Waals surface area contributed by atoms with Crippen molar-refractivity contribution in [1.82, 2.24) is 9.80 Å². The monoisotopic (exact) mass is 891 g/mol. The molecule has 2 aliphatic heterocycles. The second kappa shape index (κ2) is 22.7. The molecule has 0 unspecified atom stereocenters. The van der Waals surface area contributed by atoms with Crippen LogP contribution in [0, 0.1) is 11.8 Å². The van der Waals surface area contributed by atoms with E-state index in [9.17, 15) is 9.59 Å². The number of aliphatic hydroxyl groups is 1. The van der Waals surface area contributed by atoms with Crippen molar-refractivity contribution in [2.75, 3.05) is 26.2 Å². The fourth-order valence-corrected chi connectivity index (χ4v) is 15.0. The number of rotatable bonds is 10. The summed E-state index contributed by atoms with van der Waals surface area (Å²) in [6, 6.07) is 24.0. The summed E-state index contributed by atoms with van der Waals surface area (Å²) < 4.78 is 18.1. The number of esters is 2. The number of nitrogens with two attached hydrogens (primary N) is 2. The van der Waals surface area contributed by atoms with Crippen molar-refractivity contribution in [3.8, 4) is 0 Å². The van der Waals surface area contributed by atoms with Gasteiger partial charge in [-0.25, -0.2) is 0 Å². The second-order valence-electron chi connectivity index (χ2n) is 22.6. The summed E-state index contributed by atoms with van der Waals surface area (Å²) in [7, 11) is -2.49. The van der Waals surface area contributed by atoms with Crippen molar-refractivity contribution in [2.45, 2.75) is 205 Å². The SMILES string of the molecule is CC(C)(C)OC(=O)CC1CCC(N)CC1.CC(C)(C)OC(=O)CC1CCC(N2CC(O[Si](c3ccccc3)(c3ccccc3)C(C)(C)C)C2)CC1.NC1CCC(N2CC(O)C2)CC1. The normalized spacial score (nSPS) is 26.7. The van der Waals surface area contributed by atoms with E-state index in [0.717, 1.165) is 77.5 Å². The smallest absolute Gasteiger partial charge is 0.306 e. The Kier molecular flexibility index (Phi) is 18.5. The minimum absolute atomic E-state index is 0.00977. The molecule has 10 nitrogen and oxygen atoms in total. The zero-order chi connectivity index (χ0) is 46.0. The van der Waals surface area contributed by atoms with Gasteiger partial charge in [0.25, 0.3) is 8.32 Å². The van der Waals surface area contributed by atoms with Crippen LogP contribution >= 0.6 is 0 Å². The van der Waals surface area contributed by atoms with E-state index >= 15 is 0 Å². The van der Waals surface area contributed by atoms with Gasteiger partial charge in [0.15, 0.2) is 0 Å². The lowest BCUT2D eigenvalue weighted by Crippen LogP contribution is -2.71. The standard InChI is InChI=1S/C31H45NO3Si.C12H23NO2.C9H18N2O/c1-30(2,3)34-29(33)21-24-17-19-25(20-18-24)32-22-26(23-32)35-36(31(4,5)6,27-13-9-7-10-14-27)28-15-11-8-12-16-28;1-12(2,3)15-11(14)8-9-4-6-10(13)7-5-9;10-7-1-3-8(4-2-7)11-5-9(12)6-11/h7-16,24-26H,17-23H2,1-6H3;9-10H,4-8,13H2,1-3H3;7-9,12H,1-6,10H2. The Hall–Kier alpha value is -2.64. The predicted molar refractivity (Wildman–Crippen MR) is 258 cm³/mol. The lowest BCUT2D eigenvalue weighted by molar-refractivity contribution is -0.157. The summed E-state index contributed by atoms with van der Waals surface area (Å²) in [5, 5.41) is 11.8. The minimum Gasteiger partial charge on any atom is -0.460 e. The van der Waals surface area contributed by atoms with Crippen molar-refractivity contribution in [3.05, 3.63) is 60.7 Å². The Morgan fingerprint density at radius 2 is 0.921 bits per heavy atom. The summed E-state index contributed by atoms with van der Waals surface area (Å²) in [5.41, 5.74) is 10.9. The summed E-state index contributed by atoms with van der Waals surface area (Å²) in [5.74, 6) is 0.831. The first-order valence-electron chi connectivity index (χ1n) is 24.5. The van der Waals surface area contributed by atoms with E-state index in [1.165, 1.54) is 36.1 Å². The van der Waals surface area contributed by atoms with Crippen LogP contribution in [-0.2, 0) is 23.5 Å². The molecule has 7 rings (SSSR count). The van der Waals surface area contributed by atoms with Gasteiger partial charge < -0.3 is 30.5 Å². The quantitative estimate of drug-likeness (QED) is 0.161. The highest BCUT2D eigenvalue weighted by atomic mass is 28.4. The van der Waals surface area contributed by atoms with Gasteiger partial charge in [-0.3, -0.25) is 19.4 Å². The molecule has 5 aliphatic rings. The molecule has 2 heterocycles. The number of aliphatic hydroxyl groups excluding tert-OH is 1. The molecule has 5 fully saturated rings. The molecule has 2 saturated heterocycles. The number of nitrogens with zero attached hydrogens (tertiary/aromatic N) is 2. The van der Waals surface area contributed by atoms with Crippen LogP contribution in [-0.4, -0.2) is 109 Å². The zero-order valence-electron chi connectivity index (χ0n) is 40.7. The van der Waals surface area contributed by atoms with Crippen molar-refractivity contribution >= 4 is 30.6 Å². The Labute approximate surface area is 382 Å². The Morgan fingerprint density at radius 1 is 0.571 bits per heavy atom. The highest BCUT2D eigenvalue weighted by Gasteiger charge is 2.53. The summed E-state index contributed by atoms with van der Waals surface area (Å²) in [4.78, 5) is 28.8. The molecule has 2 aromatic rings. The minimum atomic E-state index is -2.49. The number of carbonyl (C=O) groups excluding carboxylic acids is 2. The summed E-state index contributed by atoms with van der Waals surface area (Å²) in [6.07, 6.45) is 14.9. The number of ether oxygens (including phenoxy) is 2. The van der Waals surface area contributed by atoms with Gasteiger partial charge >= 0.3 is 11.9 Å². The average Bonchev–Trinajstić information content (AvgIpc) is 3.17. The average molecular weight is 891 g/mol. The third-order valence-electron chi connectivity index (χ3n) is 13.8. The lowest BCUT2D eigenvalue weighted by Gasteiger charge is -2.52. The van der Waals surface area contributed by atoms with Crippen LogP contribution in [0.15, 0.2) is 60.7 Å². The molecule has 11 heteroatoms. The molecular weight excluding hydrogens is 805 g/mol. The van der Waals surface area contributed by atoms with Gasteiger partial charge in [-0.2, -0.15) is 0 Å². The van der Waals surface area contributed by atoms with Gasteiger partial charge in [0.1, 0.15) is 11.2 Å². The maximum absolute atomic E-state index is 12.3. The van der Waals surface area contributed by atoms with Gasteiger partial charge in [0.2, 0.25) is 0 Å². The van der Waals surface area contributed by atoms with Gasteiger partial charge in [-0.05, 0) is 146 Å². The Balaban J connectivity index is 0.000000225. The first kappa shape index (κ1) is 51.3. The number of benzene rings is 2. The highest BCUT2D eigenvalue weighted by molar-refractivity contribution is 6.99. The summed E-state index contributed by atoms with van der Waals surface area (Å²) in [6.45, 7) is 22.4. The van der Waals surface area contributed by atoms with Crippen molar-refractivity contribution < 1.29 is 28.6 Å². The van der Waals surface area contributed by atoms with Crippen LogP contribution in [0.3, 0.4) is 0 Å². The second-order valence-corrected chi connectivity index (χ2v) is 26.8. The number of hydrogen-bond donors (Lipinski definition) is 3. The first-order valence-corrected chi connectivity index (χ1v) is 26.4. The molecule has 0 bridgehead atoms. The molecule has 0 spiro atoms. The Morgan fingerprint density at radius 3 is 1.29 bits per heavy atom. The Bertz CT molecular complexity index is 1620. The van der Waals surface area contributed by atoms with Gasteiger partial charge in [0, 0.05) is 63.2 Å². The first-order chi connectivity index (χ1) is 29.6. The molecule has 0 aromatic heterocycles. The van der Waals surface area contributed by atoms with E-state index in [-0.39, 0.29) is 34.8 Å². The number of carbonyl (C=O) groups is 2. The maximum Gasteiger partial charge on any atom is 0.306 e. The van der Waals surface area contributed by atoms with Crippen LogP contribution in [0.5, 0.6) is 0 Å². The lowest BCUT2D eigenvalue weighted by atomic mass is 9.82. The molecular formula is C52H86N4O6Si. The predicted octanol–water partition coefficient (Wildman–Crippen LogP) is 7.71. The van der Waals surface area contributed by atoms with E-state index in [1.54, 1.807) is 0 Å². The van der Waals surface area contributed by atoms with Crippen molar-refractivity contribution in [2.24, 2.45) is 23.3 Å². The van der Waals surface area contributed by atoms with E-state index in [1.807, 2.05) is 41.5 Å². The molecule has 0 atom stereocenters. The van der Waals surface area contributed by atoms with Gasteiger partial charge in [-0.15, -0.1) is 0 Å². The third-order valence-corrected chi connectivity index (χ3v) is 18.9. The third kappa shape index (κ3) is 15.7. The molecule has 0 amide bonds.